The molecule has 0 saturated carbocycles. The van der Waals surface area contributed by atoms with Crippen molar-refractivity contribution < 1.29 is 13.2 Å². The molecule has 0 aliphatic heterocycles. The third kappa shape index (κ3) is 2.12. The van der Waals surface area contributed by atoms with Gasteiger partial charge in [0.05, 0.1) is 11.3 Å². The van der Waals surface area contributed by atoms with Crippen molar-refractivity contribution in [2.45, 2.75) is 25.9 Å². The highest BCUT2D eigenvalue weighted by molar-refractivity contribution is 5.23. The first-order valence-electron chi connectivity index (χ1n) is 3.99. The zero-order valence-corrected chi connectivity index (χ0v) is 7.64. The van der Waals surface area contributed by atoms with E-state index in [9.17, 15) is 18.0 Å². The molecular weight excluding hydrogens is 197 g/mol. The highest BCUT2D eigenvalue weighted by Crippen LogP contribution is 2.32. The van der Waals surface area contributed by atoms with Crippen molar-refractivity contribution in [1.29, 1.82) is 0 Å². The van der Waals surface area contributed by atoms with Gasteiger partial charge < -0.3 is 0 Å². The summed E-state index contributed by atoms with van der Waals surface area (Å²) in [7, 11) is 0. The van der Waals surface area contributed by atoms with E-state index in [1.807, 2.05) is 5.10 Å². The predicted octanol–water partition coefficient (Wildman–Crippen LogP) is 1.91. The van der Waals surface area contributed by atoms with Gasteiger partial charge in [-0.15, -0.1) is 0 Å². The number of rotatable bonds is 1. The fourth-order valence-electron chi connectivity index (χ4n) is 1.08. The molecule has 0 spiro atoms. The predicted molar refractivity (Wildman–Crippen MR) is 43.9 cm³/mol. The van der Waals surface area contributed by atoms with Crippen LogP contribution in [0.4, 0.5) is 13.2 Å². The van der Waals surface area contributed by atoms with E-state index < -0.39 is 17.3 Å². The topological polar surface area (TPSA) is 45.8 Å². The van der Waals surface area contributed by atoms with Gasteiger partial charge in [0.2, 0.25) is 0 Å². The van der Waals surface area contributed by atoms with Crippen molar-refractivity contribution in [1.82, 2.24) is 10.2 Å². The lowest BCUT2D eigenvalue weighted by atomic mass is 10.0. The number of nitrogens with zero attached hydrogens (tertiary/aromatic N) is 1. The van der Waals surface area contributed by atoms with Crippen LogP contribution < -0.4 is 5.56 Å². The van der Waals surface area contributed by atoms with E-state index in [2.05, 4.69) is 5.10 Å². The lowest BCUT2D eigenvalue weighted by Crippen LogP contribution is -2.19. The average Bonchev–Trinajstić information content (AvgIpc) is 2.01. The Morgan fingerprint density at radius 3 is 2.43 bits per heavy atom. The number of aromatic amines is 1. The summed E-state index contributed by atoms with van der Waals surface area (Å²) in [5, 5.41) is 5.37. The number of halogens is 3. The maximum absolute atomic E-state index is 12.4. The van der Waals surface area contributed by atoms with Crippen LogP contribution in [0.25, 0.3) is 0 Å². The summed E-state index contributed by atoms with van der Waals surface area (Å²) in [5.74, 6) is -0.386. The smallest absolute Gasteiger partial charge is 0.268 e. The Morgan fingerprint density at radius 2 is 2.00 bits per heavy atom. The number of H-pyrrole nitrogens is 1. The quantitative estimate of drug-likeness (QED) is 0.762. The summed E-state index contributed by atoms with van der Waals surface area (Å²) in [6, 6.07) is 0.530. The summed E-state index contributed by atoms with van der Waals surface area (Å²) >= 11 is 0. The molecule has 0 aromatic carbocycles. The van der Waals surface area contributed by atoms with Crippen molar-refractivity contribution in [2.75, 3.05) is 0 Å². The van der Waals surface area contributed by atoms with Gasteiger partial charge >= 0.3 is 6.18 Å². The minimum Gasteiger partial charge on any atom is -0.268 e. The maximum Gasteiger partial charge on any atom is 0.418 e. The molecule has 0 saturated heterocycles. The molecule has 1 aromatic heterocycles. The zero-order valence-electron chi connectivity index (χ0n) is 7.64. The highest BCUT2D eigenvalue weighted by Gasteiger charge is 2.35. The molecular formula is C8H9F3N2O. The van der Waals surface area contributed by atoms with Crippen LogP contribution in [0, 0.1) is 0 Å². The molecule has 0 amide bonds. The van der Waals surface area contributed by atoms with Crippen molar-refractivity contribution >= 4 is 0 Å². The monoisotopic (exact) mass is 206 g/mol. The Hall–Kier alpha value is -1.33. The lowest BCUT2D eigenvalue weighted by Gasteiger charge is -2.12. The first-order chi connectivity index (χ1) is 6.32. The molecule has 1 rings (SSSR count). The van der Waals surface area contributed by atoms with E-state index in [1.165, 1.54) is 0 Å². The van der Waals surface area contributed by atoms with E-state index in [0.717, 1.165) is 0 Å². The molecule has 78 valence electrons. The standard InChI is InChI=1S/C8H9F3N2O/c1-4(2)7-5(8(9,10)11)3-6(14)12-13-7/h3-4H,1-2H3,(H,12,14). The molecule has 1 heterocycles. The van der Waals surface area contributed by atoms with Crippen LogP contribution >= 0.6 is 0 Å². The van der Waals surface area contributed by atoms with Crippen LogP contribution in [0.1, 0.15) is 31.0 Å². The van der Waals surface area contributed by atoms with Crippen LogP contribution in [0.2, 0.25) is 0 Å². The van der Waals surface area contributed by atoms with E-state index in [1.54, 1.807) is 13.8 Å². The fourth-order valence-corrected chi connectivity index (χ4v) is 1.08. The molecule has 0 radical (unpaired) electrons. The van der Waals surface area contributed by atoms with Crippen molar-refractivity contribution in [3.63, 3.8) is 0 Å². The minimum atomic E-state index is -4.53. The Bertz CT molecular complexity index is 381. The fraction of sp³-hybridized carbons (Fsp3) is 0.500. The third-order valence-corrected chi connectivity index (χ3v) is 1.69. The molecule has 14 heavy (non-hydrogen) atoms. The third-order valence-electron chi connectivity index (χ3n) is 1.69. The second kappa shape index (κ2) is 3.43. The Kier molecular flexibility index (Phi) is 2.64. The first-order valence-corrected chi connectivity index (χ1v) is 3.99. The summed E-state index contributed by atoms with van der Waals surface area (Å²) in [5.41, 5.74) is -1.95. The van der Waals surface area contributed by atoms with Crippen molar-refractivity contribution in [3.05, 3.63) is 27.7 Å². The van der Waals surface area contributed by atoms with Gasteiger partial charge in [-0.2, -0.15) is 18.3 Å². The van der Waals surface area contributed by atoms with Gasteiger partial charge in [0.1, 0.15) is 0 Å². The second-order valence-corrected chi connectivity index (χ2v) is 3.18. The van der Waals surface area contributed by atoms with Gasteiger partial charge in [-0.3, -0.25) is 4.79 Å². The first kappa shape index (κ1) is 10.7. The Morgan fingerprint density at radius 1 is 1.43 bits per heavy atom. The molecule has 0 aliphatic rings. The lowest BCUT2D eigenvalue weighted by molar-refractivity contribution is -0.138. The Labute approximate surface area is 78.0 Å². The molecule has 0 unspecified atom stereocenters. The normalized spacial score (nSPS) is 12.1. The largest absolute Gasteiger partial charge is 0.418 e. The SMILES string of the molecule is CC(C)c1n[nH]c(=O)cc1C(F)(F)F. The number of hydrogen-bond acceptors (Lipinski definition) is 2. The molecule has 1 aromatic rings. The number of aromatic nitrogens is 2. The summed E-state index contributed by atoms with van der Waals surface area (Å²) in [4.78, 5) is 10.7. The summed E-state index contributed by atoms with van der Waals surface area (Å²) in [6.45, 7) is 3.16. The van der Waals surface area contributed by atoms with Crippen LogP contribution in [0.5, 0.6) is 0 Å². The van der Waals surface area contributed by atoms with Crippen LogP contribution in [-0.4, -0.2) is 10.2 Å². The molecule has 6 heteroatoms. The van der Waals surface area contributed by atoms with Crippen LogP contribution in [-0.2, 0) is 6.18 Å². The molecule has 0 atom stereocenters. The molecule has 0 aliphatic carbocycles. The van der Waals surface area contributed by atoms with E-state index in [4.69, 9.17) is 0 Å². The van der Waals surface area contributed by atoms with Gasteiger partial charge in [0.25, 0.3) is 5.56 Å². The number of hydrogen-bond donors (Lipinski definition) is 1. The van der Waals surface area contributed by atoms with Gasteiger partial charge in [-0.25, -0.2) is 5.10 Å². The van der Waals surface area contributed by atoms with Gasteiger partial charge in [0, 0.05) is 6.07 Å². The molecule has 0 bridgehead atoms. The summed E-state index contributed by atoms with van der Waals surface area (Å²) < 4.78 is 37.2. The summed E-state index contributed by atoms with van der Waals surface area (Å²) in [6.07, 6.45) is -4.53. The highest BCUT2D eigenvalue weighted by atomic mass is 19.4. The number of nitrogens with one attached hydrogen (secondary N) is 1. The molecule has 3 nitrogen and oxygen atoms in total. The van der Waals surface area contributed by atoms with E-state index in [-0.39, 0.29) is 11.6 Å². The maximum atomic E-state index is 12.4. The number of alkyl halides is 3. The van der Waals surface area contributed by atoms with Gasteiger partial charge in [-0.05, 0) is 5.92 Å². The zero-order chi connectivity index (χ0) is 10.9. The van der Waals surface area contributed by atoms with E-state index in [0.29, 0.717) is 6.07 Å². The van der Waals surface area contributed by atoms with Crippen molar-refractivity contribution in [3.8, 4) is 0 Å². The van der Waals surface area contributed by atoms with Gasteiger partial charge in [-0.1, -0.05) is 13.8 Å². The van der Waals surface area contributed by atoms with Crippen LogP contribution in [0.15, 0.2) is 10.9 Å². The minimum absolute atomic E-state index is 0.142. The molecule has 0 fully saturated rings. The van der Waals surface area contributed by atoms with Gasteiger partial charge in [0.15, 0.2) is 0 Å². The van der Waals surface area contributed by atoms with Crippen LogP contribution in [0.3, 0.4) is 0 Å². The Balaban J connectivity index is 3.38. The van der Waals surface area contributed by atoms with Crippen molar-refractivity contribution in [2.24, 2.45) is 0 Å². The average molecular weight is 206 g/mol. The van der Waals surface area contributed by atoms with E-state index >= 15 is 0 Å². The second-order valence-electron chi connectivity index (χ2n) is 3.18. The molecule has 1 N–H and O–H groups in total.